The molecule has 0 atom stereocenters. The van der Waals surface area contributed by atoms with Gasteiger partial charge in [-0.25, -0.2) is 0 Å². The van der Waals surface area contributed by atoms with Crippen LogP contribution in [-0.2, 0) is 13.0 Å². The van der Waals surface area contributed by atoms with Crippen LogP contribution in [0.25, 0.3) is 10.9 Å². The number of aliphatic hydroxyl groups is 1. The van der Waals surface area contributed by atoms with Gasteiger partial charge < -0.3 is 15.5 Å². The van der Waals surface area contributed by atoms with Crippen molar-refractivity contribution in [2.75, 3.05) is 11.9 Å². The molecule has 4 rings (SSSR count). The Morgan fingerprint density at radius 3 is 2.70 bits per heavy atom. The third kappa shape index (κ3) is 4.70. The quantitative estimate of drug-likeness (QED) is 0.315. The molecule has 0 radical (unpaired) electrons. The standard InChI is InChI=1S/C24H21ClN2O2S/c25-19-12-17(9-11-28)24(29)22(13-19)27-15-18-4-1-2-6-23(18)30-20-8-7-16-5-3-10-26-21(16)14-20/h1-8,10,12-14,27-29H,9,11,15H2. The highest BCUT2D eigenvalue weighted by Gasteiger charge is 2.11. The van der Waals surface area contributed by atoms with Crippen molar-refractivity contribution in [2.24, 2.45) is 0 Å². The predicted octanol–water partition coefficient (Wildman–Crippen LogP) is 5.89. The van der Waals surface area contributed by atoms with Crippen LogP contribution < -0.4 is 5.32 Å². The molecule has 4 nitrogen and oxygen atoms in total. The van der Waals surface area contributed by atoms with Crippen molar-refractivity contribution in [3.8, 4) is 5.75 Å². The zero-order valence-corrected chi connectivity index (χ0v) is 17.7. The molecule has 0 spiro atoms. The van der Waals surface area contributed by atoms with Gasteiger partial charge in [-0.3, -0.25) is 4.98 Å². The maximum atomic E-state index is 10.5. The van der Waals surface area contributed by atoms with Crippen LogP contribution in [0.2, 0.25) is 5.02 Å². The minimum atomic E-state index is -0.0482. The zero-order valence-electron chi connectivity index (χ0n) is 16.2. The van der Waals surface area contributed by atoms with E-state index in [9.17, 15) is 10.2 Å². The van der Waals surface area contributed by atoms with E-state index in [0.29, 0.717) is 29.2 Å². The molecular weight excluding hydrogens is 416 g/mol. The Bertz CT molecular complexity index is 1180. The Labute approximate surface area is 184 Å². The number of hydrogen-bond donors (Lipinski definition) is 3. The lowest BCUT2D eigenvalue weighted by atomic mass is 10.1. The number of halogens is 1. The summed E-state index contributed by atoms with van der Waals surface area (Å²) in [6.07, 6.45) is 2.15. The highest BCUT2D eigenvalue weighted by Crippen LogP contribution is 2.35. The second-order valence-corrected chi connectivity index (χ2v) is 8.41. The molecule has 1 heterocycles. The van der Waals surface area contributed by atoms with Crippen LogP contribution in [0.4, 0.5) is 5.69 Å². The maximum Gasteiger partial charge on any atom is 0.142 e. The summed E-state index contributed by atoms with van der Waals surface area (Å²) in [4.78, 5) is 6.68. The minimum Gasteiger partial charge on any atom is -0.505 e. The van der Waals surface area contributed by atoms with Crippen molar-refractivity contribution in [3.63, 3.8) is 0 Å². The lowest BCUT2D eigenvalue weighted by Crippen LogP contribution is -2.03. The summed E-state index contributed by atoms with van der Waals surface area (Å²) in [6.45, 7) is 0.481. The molecule has 0 bridgehead atoms. The van der Waals surface area contributed by atoms with Crippen LogP contribution in [-0.4, -0.2) is 21.8 Å². The Morgan fingerprint density at radius 1 is 0.967 bits per heavy atom. The molecule has 0 aliphatic carbocycles. The summed E-state index contributed by atoms with van der Waals surface area (Å²) >= 11 is 7.86. The summed E-state index contributed by atoms with van der Waals surface area (Å²) in [5.74, 6) is 0.124. The largest absolute Gasteiger partial charge is 0.505 e. The number of aliphatic hydroxyl groups excluding tert-OH is 1. The van der Waals surface area contributed by atoms with Gasteiger partial charge in [0, 0.05) is 39.5 Å². The van der Waals surface area contributed by atoms with Gasteiger partial charge in [0.1, 0.15) is 5.75 Å². The van der Waals surface area contributed by atoms with E-state index in [-0.39, 0.29) is 12.4 Å². The van der Waals surface area contributed by atoms with Crippen molar-refractivity contribution >= 4 is 40.0 Å². The fourth-order valence-electron chi connectivity index (χ4n) is 3.28. The maximum absolute atomic E-state index is 10.5. The Hall–Kier alpha value is -2.73. The number of phenolic OH excluding ortho intramolecular Hbond substituents is 1. The van der Waals surface area contributed by atoms with Gasteiger partial charge >= 0.3 is 0 Å². The monoisotopic (exact) mass is 436 g/mol. The third-order valence-electron chi connectivity index (χ3n) is 4.78. The van der Waals surface area contributed by atoms with Crippen LogP contribution in [0, 0.1) is 0 Å². The summed E-state index contributed by atoms with van der Waals surface area (Å²) in [5.41, 5.74) is 3.25. The molecule has 3 aromatic carbocycles. The first kappa shape index (κ1) is 20.5. The van der Waals surface area contributed by atoms with E-state index in [0.717, 1.165) is 26.3 Å². The molecule has 0 aliphatic rings. The predicted molar refractivity (Wildman–Crippen MR) is 124 cm³/mol. The lowest BCUT2D eigenvalue weighted by molar-refractivity contribution is 0.297. The first-order chi connectivity index (χ1) is 14.6. The van der Waals surface area contributed by atoms with E-state index in [1.54, 1.807) is 30.1 Å². The van der Waals surface area contributed by atoms with E-state index in [4.69, 9.17) is 11.6 Å². The second kappa shape index (κ2) is 9.39. The normalized spacial score (nSPS) is 11.0. The number of aromatic hydroxyl groups is 1. The number of nitrogens with one attached hydrogen (secondary N) is 1. The van der Waals surface area contributed by atoms with E-state index < -0.39 is 0 Å². The molecule has 0 unspecified atom stereocenters. The number of nitrogens with zero attached hydrogens (tertiary/aromatic N) is 1. The number of phenols is 1. The number of rotatable bonds is 7. The van der Waals surface area contributed by atoms with Crippen LogP contribution in [0.15, 0.2) is 82.7 Å². The topological polar surface area (TPSA) is 65.4 Å². The van der Waals surface area contributed by atoms with Crippen LogP contribution in [0.3, 0.4) is 0 Å². The Kier molecular flexibility index (Phi) is 6.43. The molecule has 1 aromatic heterocycles. The second-order valence-electron chi connectivity index (χ2n) is 6.86. The van der Waals surface area contributed by atoms with Crippen LogP contribution in [0.5, 0.6) is 5.75 Å². The molecule has 6 heteroatoms. The number of fused-ring (bicyclic) bond motifs is 1. The molecule has 0 amide bonds. The van der Waals surface area contributed by atoms with Gasteiger partial charge in [-0.1, -0.05) is 53.7 Å². The van der Waals surface area contributed by atoms with Gasteiger partial charge in [0.25, 0.3) is 0 Å². The average Bonchev–Trinajstić information content (AvgIpc) is 2.76. The fourth-order valence-corrected chi connectivity index (χ4v) is 4.50. The van der Waals surface area contributed by atoms with Gasteiger partial charge in [0.05, 0.1) is 11.2 Å². The molecule has 4 aromatic rings. The van der Waals surface area contributed by atoms with E-state index in [1.807, 2.05) is 18.2 Å². The summed E-state index contributed by atoms with van der Waals surface area (Å²) < 4.78 is 0. The van der Waals surface area contributed by atoms with Gasteiger partial charge in [-0.15, -0.1) is 0 Å². The molecule has 0 saturated carbocycles. The number of hydrogen-bond acceptors (Lipinski definition) is 5. The molecule has 0 fully saturated rings. The lowest BCUT2D eigenvalue weighted by Gasteiger charge is -2.14. The average molecular weight is 437 g/mol. The van der Waals surface area contributed by atoms with Crippen molar-refractivity contribution in [1.82, 2.24) is 4.98 Å². The van der Waals surface area contributed by atoms with E-state index in [1.165, 1.54) is 0 Å². The third-order valence-corrected chi connectivity index (χ3v) is 6.11. The number of aromatic nitrogens is 1. The summed E-state index contributed by atoms with van der Waals surface area (Å²) in [7, 11) is 0. The minimum absolute atomic E-state index is 0.0482. The van der Waals surface area contributed by atoms with Crippen LogP contribution >= 0.6 is 23.4 Å². The van der Waals surface area contributed by atoms with Gasteiger partial charge in [-0.05, 0) is 53.9 Å². The summed E-state index contributed by atoms with van der Waals surface area (Å²) in [6, 6.07) is 21.8. The Morgan fingerprint density at radius 2 is 1.83 bits per heavy atom. The van der Waals surface area contributed by atoms with Crippen molar-refractivity contribution in [2.45, 2.75) is 22.8 Å². The first-order valence-corrected chi connectivity index (χ1v) is 10.8. The molecule has 0 aliphatic heterocycles. The van der Waals surface area contributed by atoms with E-state index in [2.05, 4.69) is 46.7 Å². The van der Waals surface area contributed by atoms with Gasteiger partial charge in [0.15, 0.2) is 0 Å². The highest BCUT2D eigenvalue weighted by atomic mass is 35.5. The van der Waals surface area contributed by atoms with Crippen LogP contribution in [0.1, 0.15) is 11.1 Å². The fraction of sp³-hybridized carbons (Fsp3) is 0.125. The van der Waals surface area contributed by atoms with Gasteiger partial charge in [0.2, 0.25) is 0 Å². The number of anilines is 1. The zero-order chi connectivity index (χ0) is 20.9. The van der Waals surface area contributed by atoms with Gasteiger partial charge in [-0.2, -0.15) is 0 Å². The smallest absolute Gasteiger partial charge is 0.142 e. The number of pyridine rings is 1. The first-order valence-electron chi connectivity index (χ1n) is 9.60. The van der Waals surface area contributed by atoms with Crippen molar-refractivity contribution in [1.29, 1.82) is 0 Å². The highest BCUT2D eigenvalue weighted by molar-refractivity contribution is 7.99. The Balaban J connectivity index is 1.55. The number of benzene rings is 3. The van der Waals surface area contributed by atoms with Crippen molar-refractivity contribution in [3.05, 3.63) is 89.1 Å². The summed E-state index contributed by atoms with van der Waals surface area (Å²) in [5, 5.41) is 24.6. The molecule has 152 valence electrons. The molecule has 3 N–H and O–H groups in total. The van der Waals surface area contributed by atoms with Crippen molar-refractivity contribution < 1.29 is 10.2 Å². The molecule has 0 saturated heterocycles. The molecule has 30 heavy (non-hydrogen) atoms. The SMILES string of the molecule is OCCc1cc(Cl)cc(NCc2ccccc2Sc2ccc3cccnc3c2)c1O. The van der Waals surface area contributed by atoms with E-state index >= 15 is 0 Å². The molecular formula is C24H21ClN2O2S.